The van der Waals surface area contributed by atoms with Gasteiger partial charge < -0.3 is 14.2 Å². The van der Waals surface area contributed by atoms with E-state index in [-0.39, 0.29) is 39.2 Å². The van der Waals surface area contributed by atoms with Crippen LogP contribution in [0, 0.1) is 0 Å². The van der Waals surface area contributed by atoms with Gasteiger partial charge in [0.1, 0.15) is 0 Å². The molecule has 0 aliphatic carbocycles. The van der Waals surface area contributed by atoms with E-state index >= 15 is 0 Å². The zero-order valence-corrected chi connectivity index (χ0v) is 28.2. The van der Waals surface area contributed by atoms with E-state index in [4.69, 9.17) is 14.2 Å². The third kappa shape index (κ3) is 23.1. The van der Waals surface area contributed by atoms with Gasteiger partial charge in [-0.3, -0.25) is 0 Å². The van der Waals surface area contributed by atoms with Crippen LogP contribution < -0.4 is 0 Å². The summed E-state index contributed by atoms with van der Waals surface area (Å²) in [6.45, 7) is 34.4. The van der Waals surface area contributed by atoms with Crippen LogP contribution in [0.4, 0.5) is 0 Å². The Balaban J connectivity index is -0.000000384. The third-order valence-electron chi connectivity index (χ3n) is 3.77. The Labute approximate surface area is 212 Å². The van der Waals surface area contributed by atoms with E-state index in [0.29, 0.717) is 0 Å². The van der Waals surface area contributed by atoms with Crippen molar-refractivity contribution in [1.82, 2.24) is 0 Å². The second-order valence-corrected chi connectivity index (χ2v) is 26.9. The minimum absolute atomic E-state index is 0. The van der Waals surface area contributed by atoms with Gasteiger partial charge in [0.25, 0.3) is 0 Å². The molecule has 30 heavy (non-hydrogen) atoms. The van der Waals surface area contributed by atoms with E-state index in [1.807, 2.05) is 0 Å². The van der Waals surface area contributed by atoms with Gasteiger partial charge in [-0.15, -0.1) is 0 Å². The van der Waals surface area contributed by atoms with Gasteiger partial charge in [-0.25, -0.2) is 16.1 Å². The number of ether oxygens (including phenoxy) is 1. The number of nitrogens with zero attached hydrogens (tertiary/aromatic N) is 2. The smallest absolute Gasteiger partial charge is 0.639 e. The quantitative estimate of drug-likeness (QED) is 0.239. The fourth-order valence-electron chi connectivity index (χ4n) is 2.86. The summed E-state index contributed by atoms with van der Waals surface area (Å²) in [6.07, 6.45) is 2.56. The summed E-state index contributed by atoms with van der Waals surface area (Å²) in [7, 11) is -2.54. The molecule has 0 atom stereocenters. The average molecular weight is 505 g/mol. The Bertz CT molecular complexity index is 342. The minimum atomic E-state index is -1.19. The van der Waals surface area contributed by atoms with E-state index < -0.39 is 16.5 Å². The molecule has 0 bridgehead atoms. The van der Waals surface area contributed by atoms with E-state index in [2.05, 4.69) is 94.7 Å². The fraction of sp³-hybridized carbons (Fsp3) is 1.00. The van der Waals surface area contributed by atoms with Crippen LogP contribution >= 0.6 is 16.1 Å². The summed E-state index contributed by atoms with van der Waals surface area (Å²) in [5.74, 6) is 0. The van der Waals surface area contributed by atoms with Crippen molar-refractivity contribution >= 4 is 55.7 Å². The topological polar surface area (TPSA) is 37.4 Å². The predicted octanol–water partition coefficient (Wildman–Crippen LogP) is 9.23. The summed E-state index contributed by atoms with van der Waals surface area (Å²) in [5.41, 5.74) is 3.02. The van der Waals surface area contributed by atoms with E-state index in [1.165, 1.54) is 12.8 Å². The maximum Gasteiger partial charge on any atom is 2.00 e. The summed E-state index contributed by atoms with van der Waals surface area (Å²) in [6, 6.07) is 0. The van der Waals surface area contributed by atoms with Crippen LogP contribution in [-0.4, -0.2) is 75.4 Å². The molecule has 0 aromatic carbocycles. The molecule has 1 saturated heterocycles. The predicted molar refractivity (Wildman–Crippen MR) is 154 cm³/mol. The SMILES string of the molecule is C1CCOC1.CC(C)P([N-][Si](C)(C)C)C(C)C.CC(C)P([N-][Si](C)(C)C)C(C)C.[Mg+2]. The van der Waals surface area contributed by atoms with Crippen molar-refractivity contribution in [3.63, 3.8) is 0 Å². The van der Waals surface area contributed by atoms with Crippen LogP contribution in [0.3, 0.4) is 0 Å². The molecule has 1 aliphatic rings. The third-order valence-corrected chi connectivity index (χ3v) is 14.7. The summed E-state index contributed by atoms with van der Waals surface area (Å²) in [5, 5.41) is 0. The second-order valence-electron chi connectivity index (χ2n) is 11.0. The van der Waals surface area contributed by atoms with Crippen LogP contribution in [0.2, 0.25) is 39.3 Å². The normalized spacial score (nSPS) is 14.8. The molecule has 178 valence electrons. The molecule has 0 unspecified atom stereocenters. The maximum absolute atomic E-state index is 5.01. The molecule has 0 N–H and O–H groups in total. The summed E-state index contributed by atoms with van der Waals surface area (Å²) >= 11 is 0. The Morgan fingerprint density at radius 2 is 0.800 bits per heavy atom. The first-order chi connectivity index (χ1) is 13.0. The molecular weight excluding hydrogens is 451 g/mol. The molecule has 1 aliphatic heterocycles. The number of rotatable bonds is 8. The molecule has 0 aromatic heterocycles. The molecule has 0 radical (unpaired) electrons. The van der Waals surface area contributed by atoms with Gasteiger partial charge in [-0.1, -0.05) is 111 Å². The van der Waals surface area contributed by atoms with Crippen molar-refractivity contribution in [1.29, 1.82) is 0 Å². The van der Waals surface area contributed by atoms with Gasteiger partial charge in [0, 0.05) is 13.2 Å². The first-order valence-corrected chi connectivity index (χ1v) is 21.3. The Morgan fingerprint density at radius 1 is 0.567 bits per heavy atom. The van der Waals surface area contributed by atoms with Crippen molar-refractivity contribution < 1.29 is 4.74 Å². The minimum Gasteiger partial charge on any atom is -0.639 e. The Kier molecular flexibility index (Phi) is 22.3. The molecule has 0 saturated carbocycles. The first-order valence-electron chi connectivity index (χ1n) is 11.6. The largest absolute Gasteiger partial charge is 2.00 e. The van der Waals surface area contributed by atoms with Crippen LogP contribution in [0.5, 0.6) is 0 Å². The van der Waals surface area contributed by atoms with Gasteiger partial charge in [0.2, 0.25) is 0 Å². The van der Waals surface area contributed by atoms with Gasteiger partial charge in [0.05, 0.1) is 0 Å². The number of hydrogen-bond donors (Lipinski definition) is 0. The van der Waals surface area contributed by atoms with Crippen LogP contribution in [0.15, 0.2) is 0 Å². The molecule has 1 heterocycles. The van der Waals surface area contributed by atoms with Crippen LogP contribution in [0.25, 0.3) is 9.51 Å². The molecule has 0 spiro atoms. The monoisotopic (exact) mass is 504 g/mol. The number of hydrogen-bond acceptors (Lipinski definition) is 1. The molecular formula is C22H54MgN2OP2Si2. The van der Waals surface area contributed by atoms with Crippen molar-refractivity contribution in [2.75, 3.05) is 13.2 Å². The second kappa shape index (κ2) is 18.3. The van der Waals surface area contributed by atoms with Gasteiger partial charge >= 0.3 is 23.1 Å². The first kappa shape index (κ1) is 36.5. The summed E-state index contributed by atoms with van der Waals surface area (Å²) < 4.78 is 15.0. The molecule has 8 heteroatoms. The zero-order chi connectivity index (χ0) is 23.4. The Morgan fingerprint density at radius 3 is 0.867 bits per heavy atom. The van der Waals surface area contributed by atoms with Gasteiger partial charge in [-0.05, 0) is 35.5 Å². The standard InChI is InChI=1S/2C9H23NPSi.C4H8O.Mg/c2*1-8(2)11(9(3)4)10-12(5,6)7;1-2-4-5-3-1;/h2*8-9H,1-7H3;1-4H2;/q2*-1;;+2. The van der Waals surface area contributed by atoms with Crippen LogP contribution in [-0.2, 0) is 4.74 Å². The summed E-state index contributed by atoms with van der Waals surface area (Å²) in [4.78, 5) is 0. The molecule has 1 fully saturated rings. The van der Waals surface area contributed by atoms with Crippen molar-refractivity contribution in [3.05, 3.63) is 9.51 Å². The van der Waals surface area contributed by atoms with E-state index in [1.54, 1.807) is 0 Å². The maximum atomic E-state index is 5.01. The van der Waals surface area contributed by atoms with Crippen molar-refractivity contribution in [2.45, 2.75) is 130 Å². The van der Waals surface area contributed by atoms with Gasteiger partial charge in [0.15, 0.2) is 0 Å². The van der Waals surface area contributed by atoms with Crippen LogP contribution in [0.1, 0.15) is 68.2 Å². The van der Waals surface area contributed by atoms with Crippen molar-refractivity contribution in [2.24, 2.45) is 0 Å². The molecule has 1 rings (SSSR count). The fourth-order valence-corrected chi connectivity index (χ4v) is 14.5. The zero-order valence-electron chi connectivity index (χ0n) is 23.0. The van der Waals surface area contributed by atoms with Gasteiger partial charge in [-0.2, -0.15) is 0 Å². The molecule has 3 nitrogen and oxygen atoms in total. The molecule has 0 amide bonds. The molecule has 0 aromatic rings. The van der Waals surface area contributed by atoms with E-state index in [9.17, 15) is 0 Å². The Hall–Kier alpha value is 1.94. The average Bonchev–Trinajstić information content (AvgIpc) is 3.08. The van der Waals surface area contributed by atoms with Crippen molar-refractivity contribution in [3.8, 4) is 0 Å². The van der Waals surface area contributed by atoms with E-state index in [0.717, 1.165) is 35.8 Å².